The van der Waals surface area contributed by atoms with Crippen LogP contribution < -0.4 is 10.9 Å². The van der Waals surface area contributed by atoms with E-state index in [0.29, 0.717) is 24.1 Å². The van der Waals surface area contributed by atoms with Gasteiger partial charge in [0.05, 0.1) is 6.10 Å². The predicted octanol–water partition coefficient (Wildman–Crippen LogP) is -0.313. The lowest BCUT2D eigenvalue weighted by Gasteiger charge is -2.19. The molecule has 0 saturated heterocycles. The first-order valence-corrected chi connectivity index (χ1v) is 5.26. The van der Waals surface area contributed by atoms with Crippen LogP contribution in [0.4, 0.5) is 0 Å². The number of H-pyrrole nitrogens is 1. The molecule has 0 aliphatic carbocycles. The first-order chi connectivity index (χ1) is 7.56. The highest BCUT2D eigenvalue weighted by Gasteiger charge is 2.19. The molecule has 5 nitrogen and oxygen atoms in total. The van der Waals surface area contributed by atoms with Gasteiger partial charge in [-0.2, -0.15) is 0 Å². The Kier molecular flexibility index (Phi) is 4.67. The third-order valence-electron chi connectivity index (χ3n) is 2.55. The van der Waals surface area contributed by atoms with E-state index in [9.17, 15) is 15.0 Å². The summed E-state index contributed by atoms with van der Waals surface area (Å²) in [4.78, 5) is 13.5. The monoisotopic (exact) mass is 226 g/mol. The van der Waals surface area contributed by atoms with E-state index in [1.807, 2.05) is 0 Å². The first-order valence-electron chi connectivity index (χ1n) is 5.26. The minimum Gasteiger partial charge on any atom is -0.390 e. The van der Waals surface area contributed by atoms with E-state index in [4.69, 9.17) is 0 Å². The quantitative estimate of drug-likeness (QED) is 0.554. The molecule has 0 aliphatic heterocycles. The van der Waals surface area contributed by atoms with Gasteiger partial charge in [0.1, 0.15) is 6.10 Å². The van der Waals surface area contributed by atoms with Gasteiger partial charge in [0.15, 0.2) is 0 Å². The van der Waals surface area contributed by atoms with Crippen LogP contribution in [0.1, 0.15) is 23.7 Å². The number of aliphatic hydroxyl groups excluding tert-OH is 2. The highest BCUT2D eigenvalue weighted by Crippen LogP contribution is 2.20. The maximum Gasteiger partial charge on any atom is 0.248 e. The Morgan fingerprint density at radius 2 is 2.19 bits per heavy atom. The van der Waals surface area contributed by atoms with Crippen molar-refractivity contribution in [1.82, 2.24) is 10.3 Å². The first kappa shape index (κ1) is 12.9. The number of aromatic nitrogens is 1. The van der Waals surface area contributed by atoms with Crippen LogP contribution >= 0.6 is 0 Å². The molecule has 0 aromatic carbocycles. The number of rotatable bonds is 5. The topological polar surface area (TPSA) is 85.3 Å². The van der Waals surface area contributed by atoms with Gasteiger partial charge in [-0.15, -0.1) is 0 Å². The van der Waals surface area contributed by atoms with Gasteiger partial charge in [-0.25, -0.2) is 0 Å². The lowest BCUT2D eigenvalue weighted by molar-refractivity contribution is 0.0134. The second-order valence-electron chi connectivity index (χ2n) is 3.84. The molecular weight excluding hydrogens is 208 g/mol. The van der Waals surface area contributed by atoms with Gasteiger partial charge in [-0.1, -0.05) is 0 Å². The van der Waals surface area contributed by atoms with Crippen molar-refractivity contribution in [3.05, 3.63) is 33.7 Å². The molecule has 1 aromatic rings. The van der Waals surface area contributed by atoms with E-state index >= 15 is 0 Å². The number of aryl methyl sites for hydroxylation is 1. The average Bonchev–Trinajstić information content (AvgIpc) is 2.25. The van der Waals surface area contributed by atoms with Crippen molar-refractivity contribution in [3.8, 4) is 0 Å². The van der Waals surface area contributed by atoms with E-state index in [1.54, 1.807) is 14.0 Å². The average molecular weight is 226 g/mol. The summed E-state index contributed by atoms with van der Waals surface area (Å²) in [6.07, 6.45) is 0.100. The number of hydrogen-bond acceptors (Lipinski definition) is 4. The van der Waals surface area contributed by atoms with Crippen LogP contribution in [0.2, 0.25) is 0 Å². The fourth-order valence-corrected chi connectivity index (χ4v) is 1.56. The van der Waals surface area contributed by atoms with Gasteiger partial charge in [-0.3, -0.25) is 4.79 Å². The fraction of sp³-hybridized carbons (Fsp3) is 0.545. The molecular formula is C11H18N2O3. The zero-order valence-corrected chi connectivity index (χ0v) is 9.53. The summed E-state index contributed by atoms with van der Waals surface area (Å²) in [7, 11) is 1.78. The van der Waals surface area contributed by atoms with Crippen LogP contribution in [0.15, 0.2) is 17.1 Å². The van der Waals surface area contributed by atoms with Crippen molar-refractivity contribution in [2.45, 2.75) is 25.6 Å². The predicted molar refractivity (Wildman–Crippen MR) is 61.3 cm³/mol. The Morgan fingerprint density at radius 3 is 2.75 bits per heavy atom. The summed E-state index contributed by atoms with van der Waals surface area (Å²) >= 11 is 0. The molecule has 1 aromatic heterocycles. The van der Waals surface area contributed by atoms with Crippen LogP contribution in [0.25, 0.3) is 0 Å². The molecule has 0 spiro atoms. The van der Waals surface area contributed by atoms with Crippen molar-refractivity contribution >= 4 is 0 Å². The van der Waals surface area contributed by atoms with Gasteiger partial charge in [0.25, 0.3) is 0 Å². The van der Waals surface area contributed by atoms with Crippen LogP contribution in [0.5, 0.6) is 0 Å². The second kappa shape index (κ2) is 5.79. The number of nitrogens with one attached hydrogen (secondary N) is 2. The van der Waals surface area contributed by atoms with Gasteiger partial charge in [0.2, 0.25) is 5.56 Å². The molecule has 1 rings (SSSR count). The molecule has 90 valence electrons. The largest absolute Gasteiger partial charge is 0.390 e. The molecule has 0 radical (unpaired) electrons. The maximum atomic E-state index is 11.0. The Hall–Kier alpha value is -1.17. The molecule has 0 fully saturated rings. The van der Waals surface area contributed by atoms with Gasteiger partial charge in [0, 0.05) is 17.8 Å². The maximum absolute atomic E-state index is 11.0. The van der Waals surface area contributed by atoms with E-state index in [1.165, 1.54) is 12.3 Å². The second-order valence-corrected chi connectivity index (χ2v) is 3.84. The van der Waals surface area contributed by atoms with Crippen molar-refractivity contribution in [3.63, 3.8) is 0 Å². The van der Waals surface area contributed by atoms with Crippen LogP contribution in [-0.2, 0) is 0 Å². The van der Waals surface area contributed by atoms with E-state index in [2.05, 4.69) is 10.3 Å². The zero-order valence-electron chi connectivity index (χ0n) is 9.53. The van der Waals surface area contributed by atoms with E-state index < -0.39 is 12.2 Å². The molecule has 2 unspecified atom stereocenters. The zero-order chi connectivity index (χ0) is 12.1. The minimum atomic E-state index is -0.967. The molecule has 1 heterocycles. The van der Waals surface area contributed by atoms with Crippen LogP contribution in [0.3, 0.4) is 0 Å². The Labute approximate surface area is 94.1 Å². The van der Waals surface area contributed by atoms with E-state index in [0.717, 1.165) is 0 Å². The normalized spacial score (nSPS) is 14.8. The van der Waals surface area contributed by atoms with Crippen molar-refractivity contribution in [2.24, 2.45) is 0 Å². The van der Waals surface area contributed by atoms with Crippen molar-refractivity contribution < 1.29 is 10.2 Å². The summed E-state index contributed by atoms with van der Waals surface area (Å²) in [6.45, 7) is 2.36. The third kappa shape index (κ3) is 3.16. The highest BCUT2D eigenvalue weighted by atomic mass is 16.3. The smallest absolute Gasteiger partial charge is 0.248 e. The van der Waals surface area contributed by atoms with Crippen LogP contribution in [0, 0.1) is 6.92 Å². The summed E-state index contributed by atoms with van der Waals surface area (Å²) in [5.41, 5.74) is 1.03. The molecule has 0 saturated carbocycles. The number of hydrogen-bond donors (Lipinski definition) is 4. The SMILES string of the molecule is CNCCC(O)C(O)c1c[nH]c(=O)cc1C. The highest BCUT2D eigenvalue weighted by molar-refractivity contribution is 5.24. The molecule has 0 amide bonds. The number of aliphatic hydroxyl groups is 2. The summed E-state index contributed by atoms with van der Waals surface area (Å²) in [5.74, 6) is 0. The van der Waals surface area contributed by atoms with Crippen molar-refractivity contribution in [2.75, 3.05) is 13.6 Å². The lowest BCUT2D eigenvalue weighted by atomic mass is 10.00. The molecule has 0 bridgehead atoms. The molecule has 16 heavy (non-hydrogen) atoms. The Morgan fingerprint density at radius 1 is 1.50 bits per heavy atom. The summed E-state index contributed by atoms with van der Waals surface area (Å²) in [5, 5.41) is 22.5. The molecule has 2 atom stereocenters. The third-order valence-corrected chi connectivity index (χ3v) is 2.55. The van der Waals surface area contributed by atoms with Gasteiger partial charge in [-0.05, 0) is 32.5 Å². The molecule has 4 N–H and O–H groups in total. The molecule has 0 aliphatic rings. The lowest BCUT2D eigenvalue weighted by Crippen LogP contribution is -2.24. The van der Waals surface area contributed by atoms with Gasteiger partial charge < -0.3 is 20.5 Å². The fourth-order valence-electron chi connectivity index (χ4n) is 1.56. The van der Waals surface area contributed by atoms with E-state index in [-0.39, 0.29) is 5.56 Å². The summed E-state index contributed by atoms with van der Waals surface area (Å²) < 4.78 is 0. The van der Waals surface area contributed by atoms with Crippen LogP contribution in [-0.4, -0.2) is 34.9 Å². The van der Waals surface area contributed by atoms with Gasteiger partial charge >= 0.3 is 0 Å². The molecule has 5 heteroatoms. The number of aromatic amines is 1. The summed E-state index contributed by atoms with van der Waals surface area (Å²) in [6, 6.07) is 1.41. The standard InChI is InChI=1S/C11H18N2O3/c1-7-5-10(15)13-6-8(7)11(16)9(14)3-4-12-2/h5-6,9,11-12,14,16H,3-4H2,1-2H3,(H,13,15). The Balaban J connectivity index is 2.79. The number of pyridine rings is 1. The van der Waals surface area contributed by atoms with Crippen molar-refractivity contribution in [1.29, 1.82) is 0 Å². The minimum absolute atomic E-state index is 0.210. The Bertz CT molecular complexity index is 389.